The average Bonchev–Trinajstić information content (AvgIpc) is 2.62. The zero-order chi connectivity index (χ0) is 14.6. The van der Waals surface area contributed by atoms with Gasteiger partial charge in [0.2, 0.25) is 0 Å². The SMILES string of the molecule is CCNC(c1c(Br)cnn1C)C(OCC)C(C)(C)C. The van der Waals surface area contributed by atoms with Crippen molar-refractivity contribution in [1.29, 1.82) is 0 Å². The van der Waals surface area contributed by atoms with E-state index in [-0.39, 0.29) is 17.6 Å². The van der Waals surface area contributed by atoms with Gasteiger partial charge in [-0.1, -0.05) is 27.7 Å². The Balaban J connectivity index is 3.17. The Morgan fingerprint density at radius 3 is 2.42 bits per heavy atom. The van der Waals surface area contributed by atoms with E-state index in [1.54, 1.807) is 0 Å². The number of aromatic nitrogens is 2. The molecule has 0 saturated heterocycles. The van der Waals surface area contributed by atoms with Gasteiger partial charge in [0.05, 0.1) is 28.5 Å². The quantitative estimate of drug-likeness (QED) is 0.869. The Kier molecular flexibility index (Phi) is 6.02. The van der Waals surface area contributed by atoms with Gasteiger partial charge in [0.25, 0.3) is 0 Å². The van der Waals surface area contributed by atoms with Crippen LogP contribution < -0.4 is 5.32 Å². The van der Waals surface area contributed by atoms with Crippen LogP contribution in [0.2, 0.25) is 0 Å². The second kappa shape index (κ2) is 6.86. The van der Waals surface area contributed by atoms with E-state index in [4.69, 9.17) is 4.74 Å². The molecule has 0 amide bonds. The highest BCUT2D eigenvalue weighted by Gasteiger charge is 2.36. The molecule has 4 nitrogen and oxygen atoms in total. The summed E-state index contributed by atoms with van der Waals surface area (Å²) in [7, 11) is 1.97. The van der Waals surface area contributed by atoms with Gasteiger partial charge in [-0.15, -0.1) is 0 Å². The molecule has 0 radical (unpaired) electrons. The second-order valence-electron chi connectivity index (χ2n) is 5.78. The molecule has 0 bridgehead atoms. The van der Waals surface area contributed by atoms with Crippen LogP contribution in [0.15, 0.2) is 10.7 Å². The van der Waals surface area contributed by atoms with Gasteiger partial charge < -0.3 is 10.1 Å². The van der Waals surface area contributed by atoms with Crippen LogP contribution in [0.5, 0.6) is 0 Å². The topological polar surface area (TPSA) is 39.1 Å². The zero-order valence-electron chi connectivity index (χ0n) is 12.8. The van der Waals surface area contributed by atoms with E-state index in [1.807, 2.05) is 24.9 Å². The minimum atomic E-state index is 0.0482. The fourth-order valence-corrected chi connectivity index (χ4v) is 2.96. The summed E-state index contributed by atoms with van der Waals surface area (Å²) < 4.78 is 8.97. The number of halogens is 1. The minimum absolute atomic E-state index is 0.0482. The third-order valence-electron chi connectivity index (χ3n) is 3.16. The summed E-state index contributed by atoms with van der Waals surface area (Å²) in [5.74, 6) is 0. The van der Waals surface area contributed by atoms with Crippen molar-refractivity contribution in [3.8, 4) is 0 Å². The average molecular weight is 332 g/mol. The van der Waals surface area contributed by atoms with Crippen LogP contribution >= 0.6 is 15.9 Å². The molecule has 2 unspecified atom stereocenters. The van der Waals surface area contributed by atoms with Crippen LogP contribution in [0.25, 0.3) is 0 Å². The monoisotopic (exact) mass is 331 g/mol. The number of rotatable bonds is 6. The molecule has 5 heteroatoms. The summed E-state index contributed by atoms with van der Waals surface area (Å²) in [6, 6.07) is 0.117. The lowest BCUT2D eigenvalue weighted by molar-refractivity contribution is -0.0380. The molecule has 0 aliphatic rings. The highest BCUT2D eigenvalue weighted by molar-refractivity contribution is 9.10. The van der Waals surface area contributed by atoms with E-state index in [1.165, 1.54) is 0 Å². The first-order valence-electron chi connectivity index (χ1n) is 6.85. The summed E-state index contributed by atoms with van der Waals surface area (Å²) in [4.78, 5) is 0. The molecule has 0 fully saturated rings. The van der Waals surface area contributed by atoms with Crippen molar-refractivity contribution in [1.82, 2.24) is 15.1 Å². The molecule has 0 aromatic carbocycles. The fourth-order valence-electron chi connectivity index (χ4n) is 2.36. The van der Waals surface area contributed by atoms with Crippen molar-refractivity contribution in [3.63, 3.8) is 0 Å². The second-order valence-corrected chi connectivity index (χ2v) is 6.63. The lowest BCUT2D eigenvalue weighted by Crippen LogP contribution is -2.43. The van der Waals surface area contributed by atoms with Crippen LogP contribution in [0.1, 0.15) is 46.4 Å². The summed E-state index contributed by atoms with van der Waals surface area (Å²) in [6.07, 6.45) is 1.93. The predicted molar refractivity (Wildman–Crippen MR) is 82.2 cm³/mol. The summed E-state index contributed by atoms with van der Waals surface area (Å²) in [5.41, 5.74) is 1.18. The number of hydrogen-bond donors (Lipinski definition) is 1. The first-order valence-corrected chi connectivity index (χ1v) is 7.64. The molecule has 0 aliphatic heterocycles. The maximum atomic E-state index is 6.03. The summed E-state index contributed by atoms with van der Waals surface area (Å²) >= 11 is 3.60. The van der Waals surface area contributed by atoms with Crippen molar-refractivity contribution in [2.75, 3.05) is 13.2 Å². The third-order valence-corrected chi connectivity index (χ3v) is 3.77. The first kappa shape index (κ1) is 16.7. The molecule has 1 aromatic heterocycles. The Bertz CT molecular complexity index is 378. The van der Waals surface area contributed by atoms with Gasteiger partial charge >= 0.3 is 0 Å². The highest BCUT2D eigenvalue weighted by atomic mass is 79.9. The normalized spacial score (nSPS) is 15.5. The number of aryl methyl sites for hydroxylation is 1. The summed E-state index contributed by atoms with van der Waals surface area (Å²) in [6.45, 7) is 12.4. The Morgan fingerprint density at radius 1 is 1.42 bits per heavy atom. The van der Waals surface area contributed by atoms with Gasteiger partial charge in [0.15, 0.2) is 0 Å². The molecule has 1 N–H and O–H groups in total. The molecule has 19 heavy (non-hydrogen) atoms. The molecular weight excluding hydrogens is 306 g/mol. The van der Waals surface area contributed by atoms with Gasteiger partial charge in [-0.05, 0) is 34.8 Å². The molecule has 0 saturated carbocycles. The van der Waals surface area contributed by atoms with Crippen molar-refractivity contribution < 1.29 is 4.74 Å². The molecule has 0 spiro atoms. The van der Waals surface area contributed by atoms with E-state index >= 15 is 0 Å². The molecule has 1 rings (SSSR count). The van der Waals surface area contributed by atoms with Crippen molar-refractivity contribution in [2.45, 2.75) is 46.8 Å². The molecule has 0 aliphatic carbocycles. The maximum absolute atomic E-state index is 6.03. The van der Waals surface area contributed by atoms with E-state index in [9.17, 15) is 0 Å². The van der Waals surface area contributed by atoms with Crippen LogP contribution in [0, 0.1) is 5.41 Å². The van der Waals surface area contributed by atoms with Crippen LogP contribution in [0.4, 0.5) is 0 Å². The largest absolute Gasteiger partial charge is 0.376 e. The minimum Gasteiger partial charge on any atom is -0.376 e. The van der Waals surface area contributed by atoms with E-state index in [2.05, 4.69) is 54.0 Å². The zero-order valence-corrected chi connectivity index (χ0v) is 14.4. The number of hydrogen-bond acceptors (Lipinski definition) is 3. The number of nitrogens with zero attached hydrogens (tertiary/aromatic N) is 2. The van der Waals surface area contributed by atoms with Gasteiger partial charge in [-0.3, -0.25) is 4.68 Å². The number of nitrogens with one attached hydrogen (secondary N) is 1. The Labute approximate surface area is 125 Å². The van der Waals surface area contributed by atoms with Gasteiger partial charge in [-0.25, -0.2) is 0 Å². The van der Waals surface area contributed by atoms with Crippen molar-refractivity contribution >= 4 is 15.9 Å². The maximum Gasteiger partial charge on any atom is 0.0833 e. The molecule has 1 heterocycles. The van der Waals surface area contributed by atoms with Crippen molar-refractivity contribution in [2.24, 2.45) is 12.5 Å². The number of ether oxygens (including phenoxy) is 1. The van der Waals surface area contributed by atoms with Gasteiger partial charge in [0.1, 0.15) is 0 Å². The van der Waals surface area contributed by atoms with Gasteiger partial charge in [0, 0.05) is 13.7 Å². The molecule has 110 valence electrons. The molecule has 1 aromatic rings. The van der Waals surface area contributed by atoms with Gasteiger partial charge in [-0.2, -0.15) is 5.10 Å². The van der Waals surface area contributed by atoms with Crippen LogP contribution in [-0.4, -0.2) is 29.0 Å². The standard InChI is InChI=1S/C14H26BrN3O/c1-7-16-11(12-10(15)9-17-18(12)6)13(19-8-2)14(3,4)5/h9,11,13,16H,7-8H2,1-6H3. The van der Waals surface area contributed by atoms with E-state index < -0.39 is 0 Å². The molecule has 2 atom stereocenters. The molecular formula is C14H26BrN3O. The lowest BCUT2D eigenvalue weighted by atomic mass is 9.83. The predicted octanol–water partition coefficient (Wildman–Crippen LogP) is 3.28. The Morgan fingerprint density at radius 2 is 2.05 bits per heavy atom. The lowest BCUT2D eigenvalue weighted by Gasteiger charge is -2.37. The van der Waals surface area contributed by atoms with E-state index in [0.29, 0.717) is 6.61 Å². The Hall–Kier alpha value is -0.390. The first-order chi connectivity index (χ1) is 8.82. The smallest absolute Gasteiger partial charge is 0.0833 e. The van der Waals surface area contributed by atoms with E-state index in [0.717, 1.165) is 16.7 Å². The fraction of sp³-hybridized carbons (Fsp3) is 0.786. The summed E-state index contributed by atoms with van der Waals surface area (Å²) in [5, 5.41) is 7.86. The third kappa shape index (κ3) is 4.04. The number of likely N-dealkylation sites (N-methyl/N-ethyl adjacent to an activating group) is 1. The van der Waals surface area contributed by atoms with Crippen LogP contribution in [0.3, 0.4) is 0 Å². The van der Waals surface area contributed by atoms with Crippen LogP contribution in [-0.2, 0) is 11.8 Å². The highest BCUT2D eigenvalue weighted by Crippen LogP contribution is 2.35. The van der Waals surface area contributed by atoms with Crippen molar-refractivity contribution in [3.05, 3.63) is 16.4 Å².